The highest BCUT2D eigenvalue weighted by atomic mass is 32.1. The molecule has 21 heavy (non-hydrogen) atoms. The number of pyridine rings is 1. The van der Waals surface area contributed by atoms with Crippen molar-refractivity contribution in [2.24, 2.45) is 0 Å². The average molecular weight is 300 g/mol. The van der Waals surface area contributed by atoms with E-state index in [2.05, 4.69) is 41.2 Å². The summed E-state index contributed by atoms with van der Waals surface area (Å²) >= 11 is 1.56. The zero-order valence-corrected chi connectivity index (χ0v) is 12.9. The fourth-order valence-electron chi connectivity index (χ4n) is 1.79. The number of rotatable bonds is 3. The van der Waals surface area contributed by atoms with Crippen LogP contribution in [0.2, 0.25) is 0 Å². The molecule has 0 amide bonds. The van der Waals surface area contributed by atoms with Crippen LogP contribution in [0, 0.1) is 0 Å². The molecule has 0 radical (unpaired) electrons. The van der Waals surface area contributed by atoms with E-state index in [1.54, 1.807) is 17.5 Å². The lowest BCUT2D eigenvalue weighted by Crippen LogP contribution is -2.09. The highest BCUT2D eigenvalue weighted by Gasteiger charge is 2.19. The second-order valence-corrected chi connectivity index (χ2v) is 6.59. The SMILES string of the molecule is CC(C)(C)c1cc(Nc2cccc(-c3nccs3)n2)no1. The van der Waals surface area contributed by atoms with Crippen molar-refractivity contribution in [2.45, 2.75) is 26.2 Å². The molecule has 5 nitrogen and oxygen atoms in total. The Morgan fingerprint density at radius 2 is 2.05 bits per heavy atom. The molecule has 3 rings (SSSR count). The lowest BCUT2D eigenvalue weighted by atomic mass is 9.93. The summed E-state index contributed by atoms with van der Waals surface area (Å²) in [5, 5.41) is 10.0. The molecular weight excluding hydrogens is 284 g/mol. The number of anilines is 2. The van der Waals surface area contributed by atoms with Gasteiger partial charge in [0.15, 0.2) is 5.82 Å². The second kappa shape index (κ2) is 5.29. The number of hydrogen-bond acceptors (Lipinski definition) is 6. The number of aromatic nitrogens is 3. The van der Waals surface area contributed by atoms with E-state index in [9.17, 15) is 0 Å². The largest absolute Gasteiger partial charge is 0.359 e. The summed E-state index contributed by atoms with van der Waals surface area (Å²) in [6, 6.07) is 7.67. The molecule has 0 spiro atoms. The van der Waals surface area contributed by atoms with Crippen molar-refractivity contribution in [3.05, 3.63) is 41.6 Å². The number of nitrogens with one attached hydrogen (secondary N) is 1. The van der Waals surface area contributed by atoms with Gasteiger partial charge in [-0.3, -0.25) is 0 Å². The van der Waals surface area contributed by atoms with Gasteiger partial charge in [-0.1, -0.05) is 32.0 Å². The van der Waals surface area contributed by atoms with Crippen LogP contribution in [0.1, 0.15) is 26.5 Å². The molecule has 6 heteroatoms. The third-order valence-electron chi connectivity index (χ3n) is 2.91. The van der Waals surface area contributed by atoms with Gasteiger partial charge >= 0.3 is 0 Å². The van der Waals surface area contributed by atoms with Crippen molar-refractivity contribution in [1.29, 1.82) is 0 Å². The van der Waals surface area contributed by atoms with Gasteiger partial charge in [0.05, 0.1) is 0 Å². The average Bonchev–Trinajstić information content (AvgIpc) is 3.09. The number of hydrogen-bond donors (Lipinski definition) is 1. The smallest absolute Gasteiger partial charge is 0.175 e. The lowest BCUT2D eigenvalue weighted by molar-refractivity contribution is 0.331. The molecule has 3 aromatic rings. The van der Waals surface area contributed by atoms with Crippen molar-refractivity contribution >= 4 is 23.0 Å². The molecule has 0 aliphatic heterocycles. The predicted molar refractivity (Wildman–Crippen MR) is 83.8 cm³/mol. The molecule has 0 atom stereocenters. The monoisotopic (exact) mass is 300 g/mol. The summed E-state index contributed by atoms with van der Waals surface area (Å²) in [7, 11) is 0. The molecule has 0 unspecified atom stereocenters. The van der Waals surface area contributed by atoms with Crippen LogP contribution in [0.3, 0.4) is 0 Å². The van der Waals surface area contributed by atoms with E-state index < -0.39 is 0 Å². The summed E-state index contributed by atoms with van der Waals surface area (Å²) in [6.45, 7) is 6.25. The first-order valence-corrected chi connectivity index (χ1v) is 7.51. The van der Waals surface area contributed by atoms with Crippen molar-refractivity contribution in [2.75, 3.05) is 5.32 Å². The van der Waals surface area contributed by atoms with Crippen molar-refractivity contribution in [3.63, 3.8) is 0 Å². The van der Waals surface area contributed by atoms with Crippen LogP contribution in [-0.4, -0.2) is 15.1 Å². The van der Waals surface area contributed by atoms with Crippen LogP contribution < -0.4 is 5.32 Å². The predicted octanol–water partition coefficient (Wildman–Crippen LogP) is 4.23. The highest BCUT2D eigenvalue weighted by molar-refractivity contribution is 7.13. The molecule has 1 N–H and O–H groups in total. The highest BCUT2D eigenvalue weighted by Crippen LogP contribution is 2.26. The Hall–Kier alpha value is -2.21. The van der Waals surface area contributed by atoms with Gasteiger partial charge in [0, 0.05) is 23.1 Å². The molecule has 0 bridgehead atoms. The van der Waals surface area contributed by atoms with Crippen molar-refractivity contribution in [3.8, 4) is 10.7 Å². The normalized spacial score (nSPS) is 11.6. The Kier molecular flexibility index (Phi) is 3.47. The molecule has 0 saturated heterocycles. The van der Waals surface area contributed by atoms with Crippen LogP contribution in [0.4, 0.5) is 11.6 Å². The van der Waals surface area contributed by atoms with Crippen molar-refractivity contribution in [1.82, 2.24) is 15.1 Å². The van der Waals surface area contributed by atoms with Crippen LogP contribution in [0.5, 0.6) is 0 Å². The first kappa shape index (κ1) is 13.8. The zero-order chi connectivity index (χ0) is 14.9. The van der Waals surface area contributed by atoms with Crippen LogP contribution >= 0.6 is 11.3 Å². The molecule has 108 valence electrons. The van der Waals surface area contributed by atoms with Crippen LogP contribution in [0.25, 0.3) is 10.7 Å². The van der Waals surface area contributed by atoms with E-state index in [4.69, 9.17) is 4.52 Å². The van der Waals surface area contributed by atoms with Crippen molar-refractivity contribution < 1.29 is 4.52 Å². The topological polar surface area (TPSA) is 63.8 Å². The Labute approximate surface area is 127 Å². The molecule has 0 fully saturated rings. The Bertz CT molecular complexity index is 728. The van der Waals surface area contributed by atoms with Gasteiger partial charge in [0.2, 0.25) is 0 Å². The minimum atomic E-state index is -0.0664. The van der Waals surface area contributed by atoms with Gasteiger partial charge in [0.1, 0.15) is 22.3 Å². The van der Waals surface area contributed by atoms with Gasteiger partial charge in [-0.05, 0) is 12.1 Å². The van der Waals surface area contributed by atoms with Gasteiger partial charge in [0.25, 0.3) is 0 Å². The second-order valence-electron chi connectivity index (χ2n) is 5.70. The number of thiazole rings is 1. The minimum Gasteiger partial charge on any atom is -0.359 e. The van der Waals surface area contributed by atoms with E-state index >= 15 is 0 Å². The van der Waals surface area contributed by atoms with E-state index in [0.29, 0.717) is 5.82 Å². The molecule has 0 aliphatic rings. The summed E-state index contributed by atoms with van der Waals surface area (Å²) in [5.41, 5.74) is 0.776. The quantitative estimate of drug-likeness (QED) is 0.784. The van der Waals surface area contributed by atoms with E-state index in [1.807, 2.05) is 29.6 Å². The first-order chi connectivity index (χ1) is 10.0. The molecule has 0 aromatic carbocycles. The standard InChI is InChI=1S/C15H16N4OS/c1-15(2,3)11-9-13(19-20-11)18-12-6-4-5-10(17-12)14-16-7-8-21-14/h4-9H,1-3H3,(H,17,18,19). The third-order valence-corrected chi connectivity index (χ3v) is 3.70. The fourth-order valence-corrected chi connectivity index (χ4v) is 2.40. The Morgan fingerprint density at radius 1 is 1.19 bits per heavy atom. The summed E-state index contributed by atoms with van der Waals surface area (Å²) in [5.74, 6) is 2.21. The summed E-state index contributed by atoms with van der Waals surface area (Å²) < 4.78 is 5.35. The maximum Gasteiger partial charge on any atom is 0.175 e. The molecule has 0 saturated carbocycles. The third kappa shape index (κ3) is 3.11. The molecular formula is C15H16N4OS. The lowest BCUT2D eigenvalue weighted by Gasteiger charge is -2.12. The molecule has 3 heterocycles. The molecule has 3 aromatic heterocycles. The molecule has 0 aliphatic carbocycles. The van der Waals surface area contributed by atoms with Gasteiger partial charge in [-0.2, -0.15) is 0 Å². The summed E-state index contributed by atoms with van der Waals surface area (Å²) in [4.78, 5) is 8.80. The first-order valence-electron chi connectivity index (χ1n) is 6.63. The Morgan fingerprint density at radius 3 is 2.71 bits per heavy atom. The zero-order valence-electron chi connectivity index (χ0n) is 12.1. The maximum absolute atomic E-state index is 5.35. The van der Waals surface area contributed by atoms with Gasteiger partial charge < -0.3 is 9.84 Å². The number of nitrogens with zero attached hydrogens (tertiary/aromatic N) is 3. The summed E-state index contributed by atoms with van der Waals surface area (Å²) in [6.07, 6.45) is 1.77. The Balaban J connectivity index is 1.82. The van der Waals surface area contributed by atoms with Gasteiger partial charge in [-0.25, -0.2) is 9.97 Å². The van der Waals surface area contributed by atoms with Crippen LogP contribution in [-0.2, 0) is 5.41 Å². The van der Waals surface area contributed by atoms with E-state index in [1.165, 1.54) is 0 Å². The van der Waals surface area contributed by atoms with E-state index in [0.717, 1.165) is 22.3 Å². The van der Waals surface area contributed by atoms with Crippen LogP contribution in [0.15, 0.2) is 40.4 Å². The minimum absolute atomic E-state index is 0.0664. The van der Waals surface area contributed by atoms with Gasteiger partial charge in [-0.15, -0.1) is 11.3 Å². The van der Waals surface area contributed by atoms with E-state index in [-0.39, 0.29) is 5.41 Å². The maximum atomic E-state index is 5.35. The fraction of sp³-hybridized carbons (Fsp3) is 0.267.